The number of aryl methyl sites for hydroxylation is 1. The minimum atomic E-state index is -2.07. The molecule has 10 nitrogen and oxygen atoms in total. The number of H-pyrrole nitrogens is 1. The van der Waals surface area contributed by atoms with E-state index in [9.17, 15) is 13.6 Å². The van der Waals surface area contributed by atoms with Crippen LogP contribution in [0.5, 0.6) is 0 Å². The van der Waals surface area contributed by atoms with Crippen molar-refractivity contribution in [3.05, 3.63) is 76.4 Å². The van der Waals surface area contributed by atoms with Crippen molar-refractivity contribution in [1.29, 1.82) is 0 Å². The molecule has 1 unspecified atom stereocenters. The number of nitrogens with one attached hydrogen (secondary N) is 2. The highest BCUT2D eigenvalue weighted by Gasteiger charge is 2.15. The van der Waals surface area contributed by atoms with Gasteiger partial charge in [-0.2, -0.15) is 4.31 Å². The number of aromatic nitrogens is 4. The van der Waals surface area contributed by atoms with Crippen LogP contribution in [-0.4, -0.2) is 39.7 Å². The Labute approximate surface area is 190 Å². The van der Waals surface area contributed by atoms with Crippen molar-refractivity contribution in [3.63, 3.8) is 0 Å². The second kappa shape index (κ2) is 8.28. The summed E-state index contributed by atoms with van der Waals surface area (Å²) >= 11 is -2.07. The molecule has 0 bridgehead atoms. The Morgan fingerprint density at radius 2 is 2.06 bits per heavy atom. The molecule has 2 aromatic carbocycles. The third-order valence-electron chi connectivity index (χ3n) is 5.34. The third-order valence-corrected chi connectivity index (χ3v) is 6.00. The van der Waals surface area contributed by atoms with Crippen molar-refractivity contribution in [1.82, 2.24) is 23.9 Å². The molecule has 3 aromatic heterocycles. The van der Waals surface area contributed by atoms with Gasteiger partial charge in [0.2, 0.25) is 17.2 Å². The van der Waals surface area contributed by atoms with E-state index < -0.39 is 17.0 Å². The normalized spacial score (nSPS) is 12.6. The van der Waals surface area contributed by atoms with Gasteiger partial charge in [0.05, 0.1) is 22.9 Å². The first-order valence-corrected chi connectivity index (χ1v) is 11.1. The van der Waals surface area contributed by atoms with E-state index in [4.69, 9.17) is 4.42 Å². The van der Waals surface area contributed by atoms with E-state index in [1.165, 1.54) is 4.31 Å². The lowest BCUT2D eigenvalue weighted by Gasteiger charge is -2.15. The summed E-state index contributed by atoms with van der Waals surface area (Å²) in [7, 11) is 1.58. The van der Waals surface area contributed by atoms with Crippen LogP contribution in [0.1, 0.15) is 11.1 Å². The predicted molar refractivity (Wildman–Crippen MR) is 126 cm³/mol. The van der Waals surface area contributed by atoms with Gasteiger partial charge in [0.25, 0.3) is 0 Å². The molecule has 33 heavy (non-hydrogen) atoms. The van der Waals surface area contributed by atoms with Gasteiger partial charge in [-0.3, -0.25) is 9.54 Å². The van der Waals surface area contributed by atoms with Crippen LogP contribution in [-0.2, 0) is 17.8 Å². The van der Waals surface area contributed by atoms with Crippen LogP contribution in [0.2, 0.25) is 0 Å². The smallest absolute Gasteiger partial charge is 0.408 e. The Morgan fingerprint density at radius 1 is 1.24 bits per heavy atom. The van der Waals surface area contributed by atoms with E-state index in [0.29, 0.717) is 29.3 Å². The molecule has 0 amide bonds. The zero-order valence-electron chi connectivity index (χ0n) is 17.8. The number of fused-ring (bicyclic) bond motifs is 2. The summed E-state index contributed by atoms with van der Waals surface area (Å²) < 4.78 is 29.1. The average molecular weight is 465 g/mol. The molecule has 0 aliphatic rings. The van der Waals surface area contributed by atoms with Gasteiger partial charge < -0.3 is 9.73 Å². The Balaban J connectivity index is 1.53. The van der Waals surface area contributed by atoms with Crippen molar-refractivity contribution in [2.45, 2.75) is 13.5 Å². The Morgan fingerprint density at radius 3 is 2.88 bits per heavy atom. The zero-order chi connectivity index (χ0) is 23.1. The number of rotatable bonds is 6. The summed E-state index contributed by atoms with van der Waals surface area (Å²) in [5.41, 5.74) is 6.04. The van der Waals surface area contributed by atoms with Gasteiger partial charge in [-0.05, 0) is 36.2 Å². The highest BCUT2D eigenvalue weighted by molar-refractivity contribution is 7.76. The molecule has 0 saturated carbocycles. The minimum Gasteiger partial charge on any atom is -0.408 e. The molecule has 0 fully saturated rings. The van der Waals surface area contributed by atoms with Gasteiger partial charge in [0.1, 0.15) is 0 Å². The second-order valence-corrected chi connectivity index (χ2v) is 8.70. The first-order valence-electron chi connectivity index (χ1n) is 10.0. The molecule has 0 saturated heterocycles. The summed E-state index contributed by atoms with van der Waals surface area (Å²) in [5.74, 6) is -0.142. The van der Waals surface area contributed by atoms with Gasteiger partial charge in [0, 0.05) is 30.9 Å². The van der Waals surface area contributed by atoms with Gasteiger partial charge >= 0.3 is 5.76 Å². The lowest BCUT2D eigenvalue weighted by molar-refractivity contribution is 0.445. The van der Waals surface area contributed by atoms with E-state index in [1.807, 2.05) is 49.4 Å². The monoisotopic (exact) mass is 464 g/mol. The number of hydrogen-bond donors (Lipinski definition) is 3. The lowest BCUT2D eigenvalue weighted by atomic mass is 10.0. The molecule has 0 aliphatic heterocycles. The SMILES string of the molecule is Cc1cc(Nc2ncc3ccc(-c4ccccc4CN(C)S(=O)O)n3n2)cc2oc(=O)[nH]c12. The number of nitrogens with zero attached hydrogens (tertiary/aromatic N) is 4. The number of benzene rings is 2. The minimum absolute atomic E-state index is 0.296. The van der Waals surface area contributed by atoms with Crippen molar-refractivity contribution in [2.75, 3.05) is 12.4 Å². The molecule has 3 heterocycles. The fraction of sp³-hybridized carbons (Fsp3) is 0.136. The molecule has 0 spiro atoms. The zero-order valence-corrected chi connectivity index (χ0v) is 18.6. The summed E-state index contributed by atoms with van der Waals surface area (Å²) in [6, 6.07) is 15.1. The van der Waals surface area contributed by atoms with Crippen LogP contribution >= 0.6 is 0 Å². The van der Waals surface area contributed by atoms with Crippen LogP contribution in [0.25, 0.3) is 27.9 Å². The van der Waals surface area contributed by atoms with Crippen molar-refractivity contribution < 1.29 is 13.2 Å². The molecule has 11 heteroatoms. The number of hydrogen-bond acceptors (Lipinski definition) is 6. The Bertz CT molecular complexity index is 1570. The Kier molecular flexibility index (Phi) is 5.29. The predicted octanol–water partition coefficient (Wildman–Crippen LogP) is 3.45. The number of anilines is 2. The Hall–Kier alpha value is -3.80. The molecule has 0 radical (unpaired) electrons. The fourth-order valence-corrected chi connectivity index (χ4v) is 4.04. The average Bonchev–Trinajstić information content (AvgIpc) is 3.37. The van der Waals surface area contributed by atoms with Crippen LogP contribution < -0.4 is 11.1 Å². The van der Waals surface area contributed by atoms with Crippen LogP contribution in [0.3, 0.4) is 0 Å². The standard InChI is InChI=1S/C22H20N6O4S/c1-13-9-15(10-19-20(13)25-22(29)32-19)24-21-23-11-16-7-8-18(28(16)26-21)17-6-4-3-5-14(17)12-27(2)33(30)31/h3-11H,12H2,1-2H3,(H,24,26)(H,25,29)(H,30,31). The summed E-state index contributed by atoms with van der Waals surface area (Å²) in [6.45, 7) is 2.17. The van der Waals surface area contributed by atoms with Gasteiger partial charge in [-0.15, -0.1) is 5.10 Å². The number of aromatic amines is 1. The molecular formula is C22H20N6O4S. The van der Waals surface area contributed by atoms with Crippen molar-refractivity contribution >= 4 is 39.5 Å². The van der Waals surface area contributed by atoms with E-state index in [-0.39, 0.29) is 0 Å². The van der Waals surface area contributed by atoms with Crippen LogP contribution in [0.15, 0.2) is 63.9 Å². The number of oxazole rings is 1. The summed E-state index contributed by atoms with van der Waals surface area (Å²) in [6.07, 6.45) is 1.71. The molecule has 5 aromatic rings. The second-order valence-electron chi connectivity index (χ2n) is 7.62. The maximum atomic E-state index is 11.5. The summed E-state index contributed by atoms with van der Waals surface area (Å²) in [5, 5.41) is 7.82. The first kappa shape index (κ1) is 21.1. The van der Waals surface area contributed by atoms with E-state index in [1.54, 1.807) is 23.8 Å². The maximum absolute atomic E-state index is 11.5. The molecule has 3 N–H and O–H groups in total. The van der Waals surface area contributed by atoms with Crippen LogP contribution in [0, 0.1) is 6.92 Å². The molecule has 168 valence electrons. The van der Waals surface area contributed by atoms with E-state index >= 15 is 0 Å². The lowest BCUT2D eigenvalue weighted by Crippen LogP contribution is -2.20. The van der Waals surface area contributed by atoms with E-state index in [0.717, 1.165) is 27.9 Å². The fourth-order valence-electron chi connectivity index (χ4n) is 3.79. The molecule has 1 atom stereocenters. The van der Waals surface area contributed by atoms with Crippen LogP contribution in [0.4, 0.5) is 11.6 Å². The molecular weight excluding hydrogens is 444 g/mol. The third kappa shape index (κ3) is 4.04. The molecule has 5 rings (SSSR count). The quantitative estimate of drug-likeness (QED) is 0.328. The molecule has 0 aliphatic carbocycles. The largest absolute Gasteiger partial charge is 0.417 e. The topological polar surface area (TPSA) is 129 Å². The highest BCUT2D eigenvalue weighted by Crippen LogP contribution is 2.28. The van der Waals surface area contributed by atoms with Gasteiger partial charge in [-0.1, -0.05) is 24.3 Å². The van der Waals surface area contributed by atoms with Crippen molar-refractivity contribution in [2.24, 2.45) is 0 Å². The highest BCUT2D eigenvalue weighted by atomic mass is 32.2. The van der Waals surface area contributed by atoms with Gasteiger partial charge in [0.15, 0.2) is 5.58 Å². The van der Waals surface area contributed by atoms with E-state index in [2.05, 4.69) is 20.4 Å². The van der Waals surface area contributed by atoms with Crippen molar-refractivity contribution in [3.8, 4) is 11.3 Å². The first-order chi connectivity index (χ1) is 15.9. The van der Waals surface area contributed by atoms with Gasteiger partial charge in [-0.25, -0.2) is 18.5 Å². The summed E-state index contributed by atoms with van der Waals surface area (Å²) in [4.78, 5) is 18.6. The maximum Gasteiger partial charge on any atom is 0.417 e.